The first kappa shape index (κ1) is 8.07. The third-order valence-corrected chi connectivity index (χ3v) is 1.01. The van der Waals surface area contributed by atoms with Crippen LogP contribution in [0, 0.1) is 5.53 Å². The summed E-state index contributed by atoms with van der Waals surface area (Å²) in [6.07, 6.45) is 2.15. The van der Waals surface area contributed by atoms with E-state index in [1.165, 1.54) is 0 Å². The monoisotopic (exact) mass is 130 g/mol. The number of hydrazine groups is 1. The highest BCUT2D eigenvalue weighted by Gasteiger charge is 2.11. The van der Waals surface area contributed by atoms with Gasteiger partial charge in [0.2, 0.25) is 0 Å². The van der Waals surface area contributed by atoms with Gasteiger partial charge in [0.15, 0.2) is 0 Å². The topological polar surface area (TPSA) is 70.0 Å². The van der Waals surface area contributed by atoms with Gasteiger partial charge in [-0.2, -0.15) is 5.84 Å². The maximum Gasteiger partial charge on any atom is 0.439 e. The summed E-state index contributed by atoms with van der Waals surface area (Å²) in [5, 5.41) is 0. The summed E-state index contributed by atoms with van der Waals surface area (Å²) >= 11 is 0. The van der Waals surface area contributed by atoms with E-state index in [0.717, 1.165) is 12.8 Å². The molecule has 0 bridgehead atoms. The number of carbonyl (C=O) groups is 1. The lowest BCUT2D eigenvalue weighted by Gasteiger charge is -1.86. The SMILES string of the molecule is CCCCC(=O)[N+](=N)N. The van der Waals surface area contributed by atoms with Crippen molar-refractivity contribution in [1.29, 1.82) is 5.53 Å². The maximum atomic E-state index is 10.5. The summed E-state index contributed by atoms with van der Waals surface area (Å²) in [7, 11) is 0. The van der Waals surface area contributed by atoms with Gasteiger partial charge in [0.1, 0.15) is 0 Å². The van der Waals surface area contributed by atoms with Gasteiger partial charge >= 0.3 is 5.91 Å². The van der Waals surface area contributed by atoms with Gasteiger partial charge in [-0.15, -0.1) is 0 Å². The van der Waals surface area contributed by atoms with E-state index in [2.05, 4.69) is 0 Å². The van der Waals surface area contributed by atoms with Crippen LogP contribution in [-0.2, 0) is 4.79 Å². The normalized spacial score (nSPS) is 9.00. The fourth-order valence-electron chi connectivity index (χ4n) is 0.448. The lowest BCUT2D eigenvalue weighted by Crippen LogP contribution is -2.23. The van der Waals surface area contributed by atoms with Crippen LogP contribution in [0.3, 0.4) is 0 Å². The van der Waals surface area contributed by atoms with E-state index >= 15 is 0 Å². The molecule has 0 aliphatic carbocycles. The second-order valence-corrected chi connectivity index (χ2v) is 1.87. The second kappa shape index (κ2) is 4.00. The molecule has 0 aromatic rings. The molecule has 0 aromatic carbocycles. The third-order valence-electron chi connectivity index (χ3n) is 1.01. The molecular formula is C5H12N3O+. The van der Waals surface area contributed by atoms with Crippen LogP contribution in [0.2, 0.25) is 0 Å². The molecule has 0 saturated heterocycles. The van der Waals surface area contributed by atoms with Crippen molar-refractivity contribution in [3.8, 4) is 0 Å². The van der Waals surface area contributed by atoms with Gasteiger partial charge in [-0.3, -0.25) is 0 Å². The number of nitrogens with zero attached hydrogens (tertiary/aromatic N) is 1. The smallest absolute Gasteiger partial charge is 0.214 e. The molecule has 3 N–H and O–H groups in total. The quantitative estimate of drug-likeness (QED) is 0.193. The van der Waals surface area contributed by atoms with E-state index < -0.39 is 0 Å². The van der Waals surface area contributed by atoms with Crippen LogP contribution in [-0.4, -0.2) is 10.7 Å². The van der Waals surface area contributed by atoms with Gasteiger partial charge in [-0.05, 0) is 12.0 Å². The van der Waals surface area contributed by atoms with Crippen LogP contribution < -0.4 is 5.84 Å². The largest absolute Gasteiger partial charge is 0.439 e. The van der Waals surface area contributed by atoms with Gasteiger partial charge in [-0.1, -0.05) is 13.3 Å². The highest BCUT2D eigenvalue weighted by molar-refractivity contribution is 5.66. The van der Waals surface area contributed by atoms with Gasteiger partial charge in [0, 0.05) is 0 Å². The van der Waals surface area contributed by atoms with E-state index in [0.29, 0.717) is 11.2 Å². The summed E-state index contributed by atoms with van der Waals surface area (Å²) in [5.41, 5.74) is 6.62. The molecule has 0 fully saturated rings. The number of rotatable bonds is 3. The first-order valence-electron chi connectivity index (χ1n) is 2.97. The Balaban J connectivity index is 3.39. The Kier molecular flexibility index (Phi) is 3.59. The standard InChI is InChI=1S/C5H12N3O/c1-2-3-4-5(9)8(6)7/h2-4H2,1H3,(H3,6,7)/q+1. The molecular weight excluding hydrogens is 118 g/mol. The molecule has 4 heteroatoms. The third kappa shape index (κ3) is 3.64. The zero-order valence-electron chi connectivity index (χ0n) is 5.55. The average molecular weight is 130 g/mol. The lowest BCUT2D eigenvalue weighted by atomic mass is 10.2. The molecule has 0 heterocycles. The number of nitrogens with one attached hydrogen (secondary N) is 1. The number of carbonyl (C=O) groups excluding carboxylic acids is 1. The fourth-order valence-corrected chi connectivity index (χ4v) is 0.448. The number of nitrogens with two attached hydrogens (primary N) is 1. The maximum absolute atomic E-state index is 10.5. The predicted octanol–water partition coefficient (Wildman–Crippen LogP) is 0.620. The van der Waals surface area contributed by atoms with Gasteiger partial charge < -0.3 is 0 Å². The molecule has 0 atom stereocenters. The van der Waals surface area contributed by atoms with Gasteiger partial charge in [-0.25, -0.2) is 4.79 Å². The van der Waals surface area contributed by atoms with Crippen LogP contribution >= 0.6 is 0 Å². The second-order valence-electron chi connectivity index (χ2n) is 1.87. The summed E-state index contributed by atoms with van der Waals surface area (Å²) in [4.78, 5) is 10.9. The van der Waals surface area contributed by atoms with Crippen LogP contribution in [0.5, 0.6) is 0 Å². The number of amides is 1. The van der Waals surface area contributed by atoms with Crippen molar-refractivity contribution < 1.29 is 9.60 Å². The Morgan fingerprint density at radius 3 is 2.67 bits per heavy atom. The molecule has 9 heavy (non-hydrogen) atoms. The summed E-state index contributed by atoms with van der Waals surface area (Å²) in [6.45, 7) is 1.98. The molecule has 0 aliphatic heterocycles. The summed E-state index contributed by atoms with van der Waals surface area (Å²) < 4.78 is 0. The highest BCUT2D eigenvalue weighted by atomic mass is 16.2. The van der Waals surface area contributed by atoms with E-state index in [9.17, 15) is 4.79 Å². The van der Waals surface area contributed by atoms with Crippen molar-refractivity contribution in [3.05, 3.63) is 0 Å². The molecule has 1 amide bonds. The molecule has 52 valence electrons. The summed E-state index contributed by atoms with van der Waals surface area (Å²) in [5.74, 6) is 4.50. The molecule has 0 spiro atoms. The molecule has 0 unspecified atom stereocenters. The minimum atomic E-state index is -0.322. The fraction of sp³-hybridized carbons (Fsp3) is 0.800. The van der Waals surface area contributed by atoms with Crippen molar-refractivity contribution in [2.75, 3.05) is 0 Å². The molecule has 4 nitrogen and oxygen atoms in total. The first-order valence-corrected chi connectivity index (χ1v) is 2.97. The minimum absolute atomic E-state index is 0.322. The predicted molar refractivity (Wildman–Crippen MR) is 31.7 cm³/mol. The Morgan fingerprint density at radius 1 is 1.78 bits per heavy atom. The molecule has 0 aliphatic rings. The Hall–Kier alpha value is -0.930. The molecule has 0 radical (unpaired) electrons. The van der Waals surface area contributed by atoms with E-state index in [-0.39, 0.29) is 5.91 Å². The Morgan fingerprint density at radius 2 is 2.33 bits per heavy atom. The molecule has 0 aromatic heterocycles. The number of hydrogen-bond acceptors (Lipinski definition) is 2. The van der Waals surface area contributed by atoms with Crippen LogP contribution in [0.4, 0.5) is 0 Å². The van der Waals surface area contributed by atoms with Crippen molar-refractivity contribution >= 4 is 5.91 Å². The van der Waals surface area contributed by atoms with Gasteiger partial charge in [0.05, 0.1) is 11.2 Å². The lowest BCUT2D eigenvalue weighted by molar-refractivity contribution is -0.546. The zero-order chi connectivity index (χ0) is 7.28. The molecule has 0 rings (SSSR count). The van der Waals surface area contributed by atoms with Crippen molar-refractivity contribution in [1.82, 2.24) is 0 Å². The zero-order valence-corrected chi connectivity index (χ0v) is 5.55. The first-order chi connectivity index (χ1) is 4.18. The van der Waals surface area contributed by atoms with Crippen molar-refractivity contribution in [2.45, 2.75) is 26.2 Å². The van der Waals surface area contributed by atoms with Crippen LogP contribution in [0.1, 0.15) is 26.2 Å². The van der Waals surface area contributed by atoms with E-state index in [1.54, 1.807) is 0 Å². The number of hydrogen-bond donors (Lipinski definition) is 2. The van der Waals surface area contributed by atoms with E-state index in [4.69, 9.17) is 11.4 Å². The van der Waals surface area contributed by atoms with Crippen molar-refractivity contribution in [2.24, 2.45) is 5.84 Å². The average Bonchev–Trinajstić information content (AvgIpc) is 1.82. The Labute approximate surface area is 54.1 Å². The Bertz CT molecular complexity index is 121. The van der Waals surface area contributed by atoms with Crippen LogP contribution in [0.15, 0.2) is 0 Å². The van der Waals surface area contributed by atoms with Gasteiger partial charge in [0.25, 0.3) is 0 Å². The minimum Gasteiger partial charge on any atom is -0.214 e. The highest BCUT2D eigenvalue weighted by Crippen LogP contribution is 1.93. The summed E-state index contributed by atoms with van der Waals surface area (Å²) in [6, 6.07) is 0. The van der Waals surface area contributed by atoms with Crippen LogP contribution in [0.25, 0.3) is 0 Å². The van der Waals surface area contributed by atoms with Crippen molar-refractivity contribution in [3.63, 3.8) is 0 Å². The molecule has 0 saturated carbocycles. The van der Waals surface area contributed by atoms with E-state index in [1.807, 2.05) is 6.92 Å². The number of unbranched alkanes of at least 4 members (excludes halogenated alkanes) is 1.